The molecule has 0 radical (unpaired) electrons. The summed E-state index contributed by atoms with van der Waals surface area (Å²) in [5, 5.41) is 0.650. The van der Waals surface area contributed by atoms with Crippen molar-refractivity contribution < 1.29 is 9.47 Å². The molecule has 0 atom stereocenters. The minimum atomic E-state index is 0.362. The molecule has 0 saturated heterocycles. The number of hydrogen-bond acceptors (Lipinski definition) is 2. The summed E-state index contributed by atoms with van der Waals surface area (Å²) in [5.74, 6) is 1.12. The highest BCUT2D eigenvalue weighted by molar-refractivity contribution is 6.32. The van der Waals surface area contributed by atoms with Gasteiger partial charge in [-0.25, -0.2) is 0 Å². The summed E-state index contributed by atoms with van der Waals surface area (Å²) >= 11 is 11.8. The maximum Gasteiger partial charge on any atom is 0.125 e. The topological polar surface area (TPSA) is 18.5 Å². The van der Waals surface area contributed by atoms with E-state index in [-0.39, 0.29) is 0 Å². The lowest BCUT2D eigenvalue weighted by Gasteiger charge is -2.10. The molecule has 0 unspecified atom stereocenters. The molecule has 1 aromatic carbocycles. The van der Waals surface area contributed by atoms with E-state index in [1.807, 2.05) is 25.1 Å². The molecule has 16 heavy (non-hydrogen) atoms. The van der Waals surface area contributed by atoms with E-state index >= 15 is 0 Å². The molecule has 0 amide bonds. The van der Waals surface area contributed by atoms with E-state index in [9.17, 15) is 0 Å². The Bertz CT molecular complexity index is 316. The van der Waals surface area contributed by atoms with E-state index in [1.54, 1.807) is 0 Å². The van der Waals surface area contributed by atoms with Crippen LogP contribution in [-0.4, -0.2) is 19.8 Å². The molecular formula is C12H16Cl2O2. The Morgan fingerprint density at radius 2 is 2.06 bits per heavy atom. The molecule has 4 heteroatoms. The van der Waals surface area contributed by atoms with Gasteiger partial charge in [-0.1, -0.05) is 17.7 Å². The first-order chi connectivity index (χ1) is 7.79. The zero-order valence-corrected chi connectivity index (χ0v) is 10.9. The molecule has 0 aliphatic carbocycles. The van der Waals surface area contributed by atoms with E-state index in [0.29, 0.717) is 24.1 Å². The number of ether oxygens (including phenoxy) is 2. The summed E-state index contributed by atoms with van der Waals surface area (Å²) in [4.78, 5) is 0. The molecule has 0 aromatic heterocycles. The highest BCUT2D eigenvalue weighted by Gasteiger charge is 2.06. The van der Waals surface area contributed by atoms with Crippen LogP contribution in [0.3, 0.4) is 0 Å². The van der Waals surface area contributed by atoms with Crippen LogP contribution in [0.5, 0.6) is 5.75 Å². The zero-order chi connectivity index (χ0) is 11.8. The predicted octanol–water partition coefficient (Wildman–Crippen LogP) is 3.88. The summed E-state index contributed by atoms with van der Waals surface area (Å²) < 4.78 is 10.8. The summed E-state index contributed by atoms with van der Waals surface area (Å²) in [5.41, 5.74) is 0.849. The van der Waals surface area contributed by atoms with Crippen molar-refractivity contribution in [2.24, 2.45) is 0 Å². The Hall–Kier alpha value is -0.440. The molecule has 0 aliphatic rings. The van der Waals surface area contributed by atoms with Crippen LogP contribution in [0.2, 0.25) is 5.02 Å². The third-order valence-corrected chi connectivity index (χ3v) is 2.73. The first kappa shape index (κ1) is 13.6. The molecule has 0 fully saturated rings. The van der Waals surface area contributed by atoms with E-state index < -0.39 is 0 Å². The first-order valence-corrected chi connectivity index (χ1v) is 6.24. The minimum Gasteiger partial charge on any atom is -0.493 e. The van der Waals surface area contributed by atoms with Gasteiger partial charge in [0.2, 0.25) is 0 Å². The van der Waals surface area contributed by atoms with Crippen LogP contribution >= 0.6 is 23.2 Å². The molecule has 0 N–H and O–H groups in total. The predicted molar refractivity (Wildman–Crippen MR) is 67.6 cm³/mol. The Kier molecular flexibility index (Phi) is 6.62. The highest BCUT2D eigenvalue weighted by atomic mass is 35.5. The summed E-state index contributed by atoms with van der Waals surface area (Å²) in [6.07, 6.45) is 0.863. The van der Waals surface area contributed by atoms with Gasteiger partial charge in [0.15, 0.2) is 0 Å². The molecule has 1 aromatic rings. The van der Waals surface area contributed by atoms with E-state index in [0.717, 1.165) is 24.3 Å². The fourth-order valence-corrected chi connectivity index (χ4v) is 1.87. The van der Waals surface area contributed by atoms with Crippen molar-refractivity contribution in [1.29, 1.82) is 0 Å². The first-order valence-electron chi connectivity index (χ1n) is 5.33. The van der Waals surface area contributed by atoms with Gasteiger partial charge in [-0.15, -0.1) is 11.6 Å². The van der Waals surface area contributed by atoms with Crippen LogP contribution in [0.15, 0.2) is 18.2 Å². The van der Waals surface area contributed by atoms with Gasteiger partial charge in [-0.05, 0) is 19.1 Å². The number of benzene rings is 1. The van der Waals surface area contributed by atoms with Crippen molar-refractivity contribution in [1.82, 2.24) is 0 Å². The second-order valence-electron chi connectivity index (χ2n) is 3.25. The van der Waals surface area contributed by atoms with Gasteiger partial charge in [0.05, 0.1) is 12.5 Å². The van der Waals surface area contributed by atoms with E-state index in [2.05, 4.69) is 0 Å². The van der Waals surface area contributed by atoms with Crippen LogP contribution in [0.1, 0.15) is 18.9 Å². The molecule has 0 heterocycles. The van der Waals surface area contributed by atoms with Crippen molar-refractivity contribution in [2.45, 2.75) is 19.2 Å². The molecule has 0 saturated carbocycles. The lowest BCUT2D eigenvalue weighted by atomic mass is 10.2. The average Bonchev–Trinajstić information content (AvgIpc) is 2.29. The Labute approximate surface area is 106 Å². The molecule has 0 aliphatic heterocycles. The van der Waals surface area contributed by atoms with Crippen LogP contribution in [0, 0.1) is 0 Å². The smallest absolute Gasteiger partial charge is 0.125 e. The van der Waals surface area contributed by atoms with Crippen molar-refractivity contribution in [3.8, 4) is 5.75 Å². The third-order valence-electron chi connectivity index (χ3n) is 2.10. The van der Waals surface area contributed by atoms with Crippen LogP contribution < -0.4 is 4.74 Å². The standard InChI is InChI=1S/C12H16Cl2O2/c1-2-15-7-4-8-16-12-6-3-5-11(14)10(12)9-13/h3,5-6H,2,4,7-9H2,1H3. The lowest BCUT2D eigenvalue weighted by molar-refractivity contribution is 0.130. The molecule has 1 rings (SSSR count). The lowest BCUT2D eigenvalue weighted by Crippen LogP contribution is -2.04. The van der Waals surface area contributed by atoms with E-state index in [1.165, 1.54) is 0 Å². The maximum atomic E-state index is 6.00. The van der Waals surface area contributed by atoms with Gasteiger partial charge in [0.1, 0.15) is 5.75 Å². The summed E-state index contributed by atoms with van der Waals surface area (Å²) in [6, 6.07) is 5.55. The normalized spacial score (nSPS) is 10.4. The van der Waals surface area contributed by atoms with Gasteiger partial charge in [-0.3, -0.25) is 0 Å². The third kappa shape index (κ3) is 4.20. The second-order valence-corrected chi connectivity index (χ2v) is 3.92. The largest absolute Gasteiger partial charge is 0.493 e. The van der Waals surface area contributed by atoms with Gasteiger partial charge in [0.25, 0.3) is 0 Å². The van der Waals surface area contributed by atoms with Crippen LogP contribution in [-0.2, 0) is 10.6 Å². The van der Waals surface area contributed by atoms with Gasteiger partial charge < -0.3 is 9.47 Å². The van der Waals surface area contributed by atoms with Crippen molar-refractivity contribution >= 4 is 23.2 Å². The summed E-state index contributed by atoms with van der Waals surface area (Å²) in [6.45, 7) is 4.05. The Morgan fingerprint density at radius 3 is 2.75 bits per heavy atom. The van der Waals surface area contributed by atoms with Crippen LogP contribution in [0.4, 0.5) is 0 Å². The fraction of sp³-hybridized carbons (Fsp3) is 0.500. The SMILES string of the molecule is CCOCCCOc1cccc(Cl)c1CCl. The van der Waals surface area contributed by atoms with Crippen molar-refractivity contribution in [2.75, 3.05) is 19.8 Å². The van der Waals surface area contributed by atoms with Gasteiger partial charge in [-0.2, -0.15) is 0 Å². The second kappa shape index (κ2) is 7.77. The highest BCUT2D eigenvalue weighted by Crippen LogP contribution is 2.27. The van der Waals surface area contributed by atoms with Gasteiger partial charge >= 0.3 is 0 Å². The Balaban J connectivity index is 2.44. The van der Waals surface area contributed by atoms with Gasteiger partial charge in [0, 0.05) is 30.2 Å². The number of alkyl halides is 1. The van der Waals surface area contributed by atoms with Crippen molar-refractivity contribution in [3.63, 3.8) is 0 Å². The molecule has 2 nitrogen and oxygen atoms in total. The van der Waals surface area contributed by atoms with Crippen molar-refractivity contribution in [3.05, 3.63) is 28.8 Å². The Morgan fingerprint density at radius 1 is 1.25 bits per heavy atom. The fourth-order valence-electron chi connectivity index (χ4n) is 1.29. The zero-order valence-electron chi connectivity index (χ0n) is 9.34. The van der Waals surface area contributed by atoms with E-state index in [4.69, 9.17) is 32.7 Å². The summed E-state index contributed by atoms with van der Waals surface area (Å²) in [7, 11) is 0. The quantitative estimate of drug-likeness (QED) is 0.549. The monoisotopic (exact) mass is 262 g/mol. The maximum absolute atomic E-state index is 6.00. The molecular weight excluding hydrogens is 247 g/mol. The molecule has 0 spiro atoms. The number of halogens is 2. The minimum absolute atomic E-state index is 0.362. The van der Waals surface area contributed by atoms with Crippen LogP contribution in [0.25, 0.3) is 0 Å². The molecule has 0 bridgehead atoms. The molecule has 90 valence electrons. The number of hydrogen-bond donors (Lipinski definition) is 0. The average molecular weight is 263 g/mol. The number of rotatable bonds is 7.